The molecule has 180 valence electrons. The zero-order chi connectivity index (χ0) is 24.3. The molecule has 2 heterocycles. The fraction of sp³-hybridized carbons (Fsp3) is 0.455. The molecule has 1 aliphatic rings. The molecular weight excluding hydrogens is 457 g/mol. The van der Waals surface area contributed by atoms with Crippen molar-refractivity contribution in [1.82, 2.24) is 10.3 Å². The van der Waals surface area contributed by atoms with Crippen molar-refractivity contribution < 1.29 is 26.7 Å². The number of anilines is 2. The molecular formula is C22H27F3N4O3S. The Kier molecular flexibility index (Phi) is 7.63. The number of nitrogens with one attached hydrogen (secondary N) is 1. The van der Waals surface area contributed by atoms with Crippen molar-refractivity contribution in [1.29, 1.82) is 0 Å². The number of hydrogen-bond donors (Lipinski definition) is 2. The Morgan fingerprint density at radius 3 is 2.52 bits per heavy atom. The maximum Gasteiger partial charge on any atom is 0.433 e. The lowest BCUT2D eigenvalue weighted by Gasteiger charge is -2.22. The number of halogens is 3. The van der Waals surface area contributed by atoms with E-state index in [2.05, 4.69) is 10.3 Å². The molecule has 3 rings (SSSR count). The number of carbonyl (C=O) groups is 1. The molecule has 2 atom stereocenters. The van der Waals surface area contributed by atoms with Crippen molar-refractivity contribution in [2.75, 3.05) is 29.3 Å². The second-order valence-electron chi connectivity index (χ2n) is 8.08. The number of pyridine rings is 1. The Morgan fingerprint density at radius 1 is 1.27 bits per heavy atom. The van der Waals surface area contributed by atoms with Gasteiger partial charge in [-0.15, -0.1) is 0 Å². The number of alkyl halides is 3. The minimum absolute atomic E-state index is 0.0590. The summed E-state index contributed by atoms with van der Waals surface area (Å²) in [5.41, 5.74) is 1.61. The second kappa shape index (κ2) is 10.1. The molecule has 1 aromatic heterocycles. The molecule has 0 spiro atoms. The minimum Gasteiger partial charge on any atom is -0.356 e. The maximum absolute atomic E-state index is 13.2. The van der Waals surface area contributed by atoms with E-state index < -0.39 is 29.1 Å². The Hall–Kier alpha value is -2.66. The van der Waals surface area contributed by atoms with E-state index in [9.17, 15) is 26.7 Å². The van der Waals surface area contributed by atoms with Crippen LogP contribution in [-0.2, 0) is 28.8 Å². The van der Waals surface area contributed by atoms with Crippen LogP contribution in [0.5, 0.6) is 0 Å². The van der Waals surface area contributed by atoms with Crippen LogP contribution in [-0.4, -0.2) is 39.8 Å². The molecule has 0 saturated carbocycles. The van der Waals surface area contributed by atoms with Gasteiger partial charge in [-0.05, 0) is 49.9 Å². The van der Waals surface area contributed by atoms with Gasteiger partial charge in [0.05, 0.1) is 11.6 Å². The largest absolute Gasteiger partial charge is 0.433 e. The first kappa shape index (κ1) is 25.0. The summed E-state index contributed by atoms with van der Waals surface area (Å²) in [5, 5.41) is 2.81. The first-order chi connectivity index (χ1) is 15.5. The molecule has 2 aromatic rings. The van der Waals surface area contributed by atoms with Gasteiger partial charge in [-0.1, -0.05) is 18.2 Å². The highest BCUT2D eigenvalue weighted by Crippen LogP contribution is 2.32. The molecule has 1 aromatic carbocycles. The van der Waals surface area contributed by atoms with Gasteiger partial charge in [0.2, 0.25) is 5.91 Å². The fourth-order valence-electron chi connectivity index (χ4n) is 3.85. The third-order valence-electron chi connectivity index (χ3n) is 5.79. The van der Waals surface area contributed by atoms with E-state index in [4.69, 9.17) is 0 Å². The molecule has 2 unspecified atom stereocenters. The molecule has 1 aliphatic heterocycles. The predicted octanol–water partition coefficient (Wildman–Crippen LogP) is 4.00. The van der Waals surface area contributed by atoms with Gasteiger partial charge in [0.15, 0.2) is 0 Å². The summed E-state index contributed by atoms with van der Waals surface area (Å²) in [7, 11) is 1.49. The first-order valence-corrected chi connectivity index (χ1v) is 11.6. The van der Waals surface area contributed by atoms with Crippen LogP contribution in [0.1, 0.15) is 48.1 Å². The molecule has 33 heavy (non-hydrogen) atoms. The van der Waals surface area contributed by atoms with Crippen LogP contribution in [0.2, 0.25) is 0 Å². The summed E-state index contributed by atoms with van der Waals surface area (Å²) in [6, 6.07) is 7.48. The zero-order valence-corrected chi connectivity index (χ0v) is 19.5. The van der Waals surface area contributed by atoms with Gasteiger partial charge in [0.1, 0.15) is 11.5 Å². The van der Waals surface area contributed by atoms with E-state index in [0.29, 0.717) is 24.3 Å². The van der Waals surface area contributed by atoms with E-state index in [1.165, 1.54) is 17.4 Å². The van der Waals surface area contributed by atoms with Gasteiger partial charge in [-0.25, -0.2) is 9.19 Å². The summed E-state index contributed by atoms with van der Waals surface area (Å²) in [4.78, 5) is 18.5. The monoisotopic (exact) mass is 484 g/mol. The van der Waals surface area contributed by atoms with E-state index in [0.717, 1.165) is 30.0 Å². The predicted molar refractivity (Wildman–Crippen MR) is 121 cm³/mol. The Labute approximate surface area is 193 Å². The summed E-state index contributed by atoms with van der Waals surface area (Å²) in [6.45, 7) is 4.82. The first-order valence-electron chi connectivity index (χ1n) is 10.5. The maximum atomic E-state index is 13.2. The summed E-state index contributed by atoms with van der Waals surface area (Å²) in [5.74, 6) is -0.552. The summed E-state index contributed by atoms with van der Waals surface area (Å²) >= 11 is -2.16. The standard InChI is InChI=1S/C22H27F3N4O3S/c1-14-12-16(6-8-18(14)28(3)33(31)32)15(2)21(30)26-13-17-7-9-19(22(23,24)25)27-20(17)29-10-4-5-11-29/h6-9,12,15H,4-5,10-11,13H2,1-3H3,(H,26,30)(H,31,32). The third-order valence-corrected chi connectivity index (χ3v) is 6.46. The van der Waals surface area contributed by atoms with Crippen LogP contribution < -0.4 is 14.5 Å². The molecule has 1 saturated heterocycles. The molecule has 1 fully saturated rings. The van der Waals surface area contributed by atoms with E-state index in [-0.39, 0.29) is 18.3 Å². The Morgan fingerprint density at radius 2 is 1.94 bits per heavy atom. The average Bonchev–Trinajstić information content (AvgIpc) is 3.30. The van der Waals surface area contributed by atoms with Crippen LogP contribution in [0.15, 0.2) is 30.3 Å². The van der Waals surface area contributed by atoms with Gasteiger partial charge >= 0.3 is 6.18 Å². The van der Waals surface area contributed by atoms with Crippen LogP contribution in [0.3, 0.4) is 0 Å². The Balaban J connectivity index is 1.75. The number of amides is 1. The minimum atomic E-state index is -4.54. The van der Waals surface area contributed by atoms with Crippen LogP contribution in [0.4, 0.5) is 24.7 Å². The van der Waals surface area contributed by atoms with Crippen molar-refractivity contribution in [2.45, 2.75) is 45.3 Å². The summed E-state index contributed by atoms with van der Waals surface area (Å²) in [6.07, 6.45) is -2.77. The number of aryl methyl sites for hydroxylation is 1. The lowest BCUT2D eigenvalue weighted by Crippen LogP contribution is -2.30. The highest BCUT2D eigenvalue weighted by molar-refractivity contribution is 7.80. The van der Waals surface area contributed by atoms with Crippen molar-refractivity contribution in [2.24, 2.45) is 0 Å². The normalized spacial score (nSPS) is 15.9. The van der Waals surface area contributed by atoms with Crippen LogP contribution in [0.25, 0.3) is 0 Å². The topological polar surface area (TPSA) is 85.8 Å². The lowest BCUT2D eigenvalue weighted by atomic mass is 9.97. The quantitative estimate of drug-likeness (QED) is 0.581. The van der Waals surface area contributed by atoms with Gasteiger partial charge in [0.25, 0.3) is 11.3 Å². The highest BCUT2D eigenvalue weighted by atomic mass is 32.2. The number of benzene rings is 1. The fourth-order valence-corrected chi connectivity index (χ4v) is 4.22. The number of aromatic nitrogens is 1. The molecule has 11 heteroatoms. The van der Waals surface area contributed by atoms with Crippen molar-refractivity contribution >= 4 is 28.7 Å². The van der Waals surface area contributed by atoms with Crippen molar-refractivity contribution in [3.8, 4) is 0 Å². The van der Waals surface area contributed by atoms with Gasteiger partial charge in [-0.3, -0.25) is 13.7 Å². The second-order valence-corrected chi connectivity index (χ2v) is 9.09. The van der Waals surface area contributed by atoms with Gasteiger partial charge < -0.3 is 10.2 Å². The highest BCUT2D eigenvalue weighted by Gasteiger charge is 2.34. The molecule has 1 amide bonds. The number of rotatable bonds is 7. The molecule has 0 bridgehead atoms. The van der Waals surface area contributed by atoms with Crippen LogP contribution >= 0.6 is 0 Å². The SMILES string of the molecule is Cc1cc(C(C)C(=O)NCc2ccc(C(F)(F)F)nc2N2CCCC2)ccc1N(C)S(=O)O. The molecule has 7 nitrogen and oxygen atoms in total. The average molecular weight is 485 g/mol. The van der Waals surface area contributed by atoms with E-state index >= 15 is 0 Å². The van der Waals surface area contributed by atoms with Gasteiger partial charge in [-0.2, -0.15) is 13.2 Å². The van der Waals surface area contributed by atoms with Crippen LogP contribution in [0, 0.1) is 6.92 Å². The van der Waals surface area contributed by atoms with Gasteiger partial charge in [0, 0.05) is 32.2 Å². The zero-order valence-electron chi connectivity index (χ0n) is 18.6. The third kappa shape index (κ3) is 5.83. The molecule has 0 aliphatic carbocycles. The number of hydrogen-bond acceptors (Lipinski definition) is 4. The number of carbonyl (C=O) groups excluding carboxylic acids is 1. The van der Waals surface area contributed by atoms with Crippen molar-refractivity contribution in [3.05, 3.63) is 52.7 Å². The summed E-state index contributed by atoms with van der Waals surface area (Å²) < 4.78 is 61.3. The Bertz CT molecular complexity index is 1040. The van der Waals surface area contributed by atoms with Crippen molar-refractivity contribution in [3.63, 3.8) is 0 Å². The lowest BCUT2D eigenvalue weighted by molar-refractivity contribution is -0.141. The number of nitrogens with zero attached hydrogens (tertiary/aromatic N) is 3. The van der Waals surface area contributed by atoms with E-state index in [1.807, 2.05) is 4.90 Å². The smallest absolute Gasteiger partial charge is 0.356 e. The van der Waals surface area contributed by atoms with E-state index in [1.54, 1.807) is 32.0 Å². The molecule has 2 N–H and O–H groups in total. The molecule has 0 radical (unpaired) electrons.